The van der Waals surface area contributed by atoms with E-state index in [0.717, 1.165) is 12.0 Å². The number of hydrogen-bond acceptors (Lipinski definition) is 5. The van der Waals surface area contributed by atoms with Crippen LogP contribution in [0.5, 0.6) is 0 Å². The second-order valence-corrected chi connectivity index (χ2v) is 9.17. The van der Waals surface area contributed by atoms with Crippen LogP contribution in [0.15, 0.2) is 29.2 Å². The molecule has 1 aromatic carbocycles. The summed E-state index contributed by atoms with van der Waals surface area (Å²) in [7, 11) is -3.52. The van der Waals surface area contributed by atoms with Crippen LogP contribution in [-0.2, 0) is 24.2 Å². The molecule has 0 saturated carbocycles. The maximum absolute atomic E-state index is 12.7. The highest BCUT2D eigenvalue weighted by Gasteiger charge is 2.37. The van der Waals surface area contributed by atoms with Gasteiger partial charge in [0.1, 0.15) is 6.04 Å². The molecule has 2 aliphatic heterocycles. The van der Waals surface area contributed by atoms with E-state index in [1.807, 2.05) is 6.92 Å². The Morgan fingerprint density at radius 1 is 1.11 bits per heavy atom. The normalized spacial score (nSPS) is 20.7. The van der Waals surface area contributed by atoms with Crippen molar-refractivity contribution in [3.63, 3.8) is 0 Å². The number of sulfone groups is 1. The zero-order valence-electron chi connectivity index (χ0n) is 15.6. The summed E-state index contributed by atoms with van der Waals surface area (Å²) in [6, 6.07) is 6.14. The number of aryl methyl sites for hydroxylation is 1. The molecule has 2 saturated heterocycles. The van der Waals surface area contributed by atoms with Crippen molar-refractivity contribution in [3.05, 3.63) is 29.8 Å². The smallest absolute Gasteiger partial charge is 0.245 e. The van der Waals surface area contributed by atoms with Gasteiger partial charge in [0.05, 0.1) is 23.9 Å². The molecule has 7 nitrogen and oxygen atoms in total. The molecule has 1 atom stereocenters. The van der Waals surface area contributed by atoms with E-state index in [9.17, 15) is 18.0 Å². The van der Waals surface area contributed by atoms with Gasteiger partial charge in [-0.05, 0) is 31.9 Å². The highest BCUT2D eigenvalue weighted by molar-refractivity contribution is 7.91. The Labute approximate surface area is 160 Å². The van der Waals surface area contributed by atoms with Gasteiger partial charge < -0.3 is 14.5 Å². The fourth-order valence-electron chi connectivity index (χ4n) is 3.55. The Bertz CT molecular complexity index is 785. The zero-order chi connectivity index (χ0) is 19.4. The summed E-state index contributed by atoms with van der Waals surface area (Å²) < 4.78 is 30.2. The Balaban J connectivity index is 1.61. The van der Waals surface area contributed by atoms with Crippen molar-refractivity contribution >= 4 is 21.7 Å². The van der Waals surface area contributed by atoms with E-state index in [2.05, 4.69) is 0 Å². The molecular formula is C19H26N2O5S. The third-order valence-electron chi connectivity index (χ3n) is 5.15. The highest BCUT2D eigenvalue weighted by Crippen LogP contribution is 2.22. The van der Waals surface area contributed by atoms with Crippen LogP contribution >= 0.6 is 0 Å². The van der Waals surface area contributed by atoms with E-state index in [1.54, 1.807) is 34.1 Å². The SMILES string of the molecule is Cc1ccc(S(=O)(=O)CCC(=O)N2CCC[C@@H]2C(=O)N2CCOCC2)cc1. The maximum atomic E-state index is 12.7. The largest absolute Gasteiger partial charge is 0.378 e. The van der Waals surface area contributed by atoms with Crippen LogP contribution in [0.25, 0.3) is 0 Å². The highest BCUT2D eigenvalue weighted by atomic mass is 32.2. The van der Waals surface area contributed by atoms with Crippen molar-refractivity contribution < 1.29 is 22.7 Å². The number of ether oxygens (including phenoxy) is 1. The first-order valence-corrected chi connectivity index (χ1v) is 11.0. The van der Waals surface area contributed by atoms with E-state index >= 15 is 0 Å². The molecule has 0 aromatic heterocycles. The van der Waals surface area contributed by atoms with Crippen molar-refractivity contribution in [3.8, 4) is 0 Å². The molecule has 148 valence electrons. The van der Waals surface area contributed by atoms with Crippen molar-refractivity contribution in [1.82, 2.24) is 9.80 Å². The van der Waals surface area contributed by atoms with Crippen molar-refractivity contribution in [2.75, 3.05) is 38.6 Å². The summed E-state index contributed by atoms with van der Waals surface area (Å²) in [5, 5.41) is 0. The number of morpholine rings is 1. The van der Waals surface area contributed by atoms with Crippen LogP contribution in [-0.4, -0.2) is 74.7 Å². The molecule has 2 heterocycles. The minimum atomic E-state index is -3.52. The molecule has 0 N–H and O–H groups in total. The third-order valence-corrected chi connectivity index (χ3v) is 6.88. The molecular weight excluding hydrogens is 368 g/mol. The molecule has 0 radical (unpaired) electrons. The van der Waals surface area contributed by atoms with Crippen LogP contribution in [0.2, 0.25) is 0 Å². The quantitative estimate of drug-likeness (QED) is 0.744. The Kier molecular flexibility index (Phi) is 6.16. The summed E-state index contributed by atoms with van der Waals surface area (Å²) in [6.07, 6.45) is 1.28. The number of benzene rings is 1. The number of likely N-dealkylation sites (tertiary alicyclic amines) is 1. The van der Waals surface area contributed by atoms with E-state index in [-0.39, 0.29) is 28.9 Å². The predicted octanol–water partition coefficient (Wildman–Crippen LogP) is 1.01. The minimum Gasteiger partial charge on any atom is -0.378 e. The average molecular weight is 394 g/mol. The van der Waals surface area contributed by atoms with Gasteiger partial charge in [-0.3, -0.25) is 9.59 Å². The molecule has 0 spiro atoms. The van der Waals surface area contributed by atoms with Crippen LogP contribution in [0.3, 0.4) is 0 Å². The van der Waals surface area contributed by atoms with Crippen LogP contribution in [0.4, 0.5) is 0 Å². The molecule has 27 heavy (non-hydrogen) atoms. The molecule has 2 fully saturated rings. The molecule has 2 amide bonds. The van der Waals surface area contributed by atoms with Gasteiger partial charge in [-0.1, -0.05) is 17.7 Å². The van der Waals surface area contributed by atoms with E-state index in [4.69, 9.17) is 4.74 Å². The Morgan fingerprint density at radius 2 is 1.78 bits per heavy atom. The first-order chi connectivity index (χ1) is 12.9. The molecule has 8 heteroatoms. The number of hydrogen-bond donors (Lipinski definition) is 0. The van der Waals surface area contributed by atoms with Crippen molar-refractivity contribution in [1.29, 1.82) is 0 Å². The lowest BCUT2D eigenvalue weighted by atomic mass is 10.1. The zero-order valence-corrected chi connectivity index (χ0v) is 16.4. The number of nitrogens with zero attached hydrogens (tertiary/aromatic N) is 2. The van der Waals surface area contributed by atoms with Crippen molar-refractivity contribution in [2.45, 2.75) is 37.1 Å². The lowest BCUT2D eigenvalue weighted by Crippen LogP contribution is -2.51. The van der Waals surface area contributed by atoms with Gasteiger partial charge in [0.25, 0.3) is 0 Å². The fourth-order valence-corrected chi connectivity index (χ4v) is 4.77. The summed E-state index contributed by atoms with van der Waals surface area (Å²) in [5.74, 6) is -0.565. The lowest BCUT2D eigenvalue weighted by molar-refractivity contribution is -0.146. The Hall–Kier alpha value is -1.93. The molecule has 0 aliphatic carbocycles. The topological polar surface area (TPSA) is 84.0 Å². The van der Waals surface area contributed by atoms with E-state index < -0.39 is 15.9 Å². The molecule has 0 bridgehead atoms. The maximum Gasteiger partial charge on any atom is 0.245 e. The summed E-state index contributed by atoms with van der Waals surface area (Å²) >= 11 is 0. The summed E-state index contributed by atoms with van der Waals surface area (Å²) in [4.78, 5) is 28.9. The fraction of sp³-hybridized carbons (Fsp3) is 0.579. The average Bonchev–Trinajstić information content (AvgIpc) is 3.16. The summed E-state index contributed by atoms with van der Waals surface area (Å²) in [6.45, 7) is 4.50. The van der Waals surface area contributed by atoms with Gasteiger partial charge in [-0.25, -0.2) is 8.42 Å². The Morgan fingerprint density at radius 3 is 2.44 bits per heavy atom. The summed E-state index contributed by atoms with van der Waals surface area (Å²) in [5.41, 5.74) is 0.978. The van der Waals surface area contributed by atoms with E-state index in [1.165, 1.54) is 0 Å². The first-order valence-electron chi connectivity index (χ1n) is 9.34. The monoisotopic (exact) mass is 394 g/mol. The lowest BCUT2D eigenvalue weighted by Gasteiger charge is -2.32. The second kappa shape index (κ2) is 8.39. The van der Waals surface area contributed by atoms with Crippen molar-refractivity contribution in [2.24, 2.45) is 0 Å². The number of amides is 2. The molecule has 0 unspecified atom stereocenters. The number of carbonyl (C=O) groups is 2. The van der Waals surface area contributed by atoms with Gasteiger partial charge in [0, 0.05) is 26.1 Å². The first kappa shape index (κ1) is 19.8. The van der Waals surface area contributed by atoms with E-state index in [0.29, 0.717) is 39.3 Å². The van der Waals surface area contributed by atoms with Gasteiger partial charge in [0.2, 0.25) is 11.8 Å². The van der Waals surface area contributed by atoms with Crippen LogP contribution in [0.1, 0.15) is 24.8 Å². The minimum absolute atomic E-state index is 0.0504. The standard InChI is InChI=1S/C19H26N2O5S/c1-15-4-6-16(7-5-15)27(24,25)14-8-18(22)21-9-2-3-17(21)19(23)20-10-12-26-13-11-20/h4-7,17H,2-3,8-14H2,1H3/t17-/m1/s1. The van der Waals surface area contributed by atoms with Gasteiger partial charge in [-0.15, -0.1) is 0 Å². The third kappa shape index (κ3) is 4.68. The van der Waals surface area contributed by atoms with Gasteiger partial charge >= 0.3 is 0 Å². The number of carbonyl (C=O) groups excluding carboxylic acids is 2. The molecule has 2 aliphatic rings. The van der Waals surface area contributed by atoms with Crippen LogP contribution in [0, 0.1) is 6.92 Å². The van der Waals surface area contributed by atoms with Gasteiger partial charge in [-0.2, -0.15) is 0 Å². The molecule has 3 rings (SSSR count). The molecule has 1 aromatic rings. The second-order valence-electron chi connectivity index (χ2n) is 7.06. The predicted molar refractivity (Wildman–Crippen MR) is 100.0 cm³/mol. The van der Waals surface area contributed by atoms with Gasteiger partial charge in [0.15, 0.2) is 9.84 Å². The number of rotatable bonds is 5. The van der Waals surface area contributed by atoms with Crippen LogP contribution < -0.4 is 0 Å².